The minimum Gasteiger partial charge on any atom is -0.355 e. The molecule has 3 nitrogen and oxygen atoms in total. The maximum atomic E-state index is 7.13. The SMILES string of the molecule is NC(CC(NCC1C=c2ccccc2=C2C=CC=CC21)c1ccccc1)C1C=CC(Nc2ccccc2-c2cc3ccccc3c3ccc4ccccc4c23)=CC1. The molecule has 5 unspecified atom stereocenters. The van der Waals surface area contributed by atoms with Gasteiger partial charge in [0.05, 0.1) is 0 Å². The summed E-state index contributed by atoms with van der Waals surface area (Å²) < 4.78 is 0. The highest BCUT2D eigenvalue weighted by Gasteiger charge is 2.28. The maximum absolute atomic E-state index is 7.13. The summed E-state index contributed by atoms with van der Waals surface area (Å²) >= 11 is 0. The number of hydrogen-bond acceptors (Lipinski definition) is 3. The first kappa shape index (κ1) is 35.2. The van der Waals surface area contributed by atoms with E-state index in [1.165, 1.54) is 65.0 Å². The number of hydrogen-bond donors (Lipinski definition) is 3. The van der Waals surface area contributed by atoms with E-state index in [-0.39, 0.29) is 18.0 Å². The van der Waals surface area contributed by atoms with Gasteiger partial charge in [0.25, 0.3) is 0 Å². The molecule has 0 heterocycles. The summed E-state index contributed by atoms with van der Waals surface area (Å²) in [6, 6.07) is 52.9. The molecular weight excluding hydrogens is 691 g/mol. The molecule has 0 spiro atoms. The number of nitrogens with two attached hydrogens (primary N) is 1. The third kappa shape index (κ3) is 6.84. The van der Waals surface area contributed by atoms with Crippen molar-refractivity contribution in [2.75, 3.05) is 11.9 Å². The van der Waals surface area contributed by atoms with Crippen LogP contribution in [-0.2, 0) is 0 Å². The fourth-order valence-corrected chi connectivity index (χ4v) is 9.50. The molecule has 5 atom stereocenters. The van der Waals surface area contributed by atoms with Crippen LogP contribution in [-0.4, -0.2) is 12.6 Å². The number of anilines is 1. The zero-order valence-electron chi connectivity index (χ0n) is 32.1. The van der Waals surface area contributed by atoms with E-state index < -0.39 is 0 Å². The fraction of sp³-hybridized carbons (Fsp3) is 0.148. The zero-order valence-corrected chi connectivity index (χ0v) is 32.1. The summed E-state index contributed by atoms with van der Waals surface area (Å²) in [5.74, 6) is 0.970. The molecular formula is C54H47N3. The molecule has 0 saturated heterocycles. The molecule has 0 aromatic heterocycles. The lowest BCUT2D eigenvalue weighted by Crippen LogP contribution is -2.41. The molecule has 57 heavy (non-hydrogen) atoms. The van der Waals surface area contributed by atoms with Gasteiger partial charge in [0.15, 0.2) is 0 Å². The fourth-order valence-electron chi connectivity index (χ4n) is 9.50. The van der Waals surface area contributed by atoms with Gasteiger partial charge in [-0.25, -0.2) is 0 Å². The Kier molecular flexibility index (Phi) is 9.47. The van der Waals surface area contributed by atoms with Crippen LogP contribution in [0.5, 0.6) is 0 Å². The van der Waals surface area contributed by atoms with Crippen molar-refractivity contribution in [1.29, 1.82) is 0 Å². The smallest absolute Gasteiger partial charge is 0.0464 e. The second kappa shape index (κ2) is 15.3. The molecule has 3 aliphatic rings. The van der Waals surface area contributed by atoms with Crippen LogP contribution in [0.3, 0.4) is 0 Å². The number of para-hydroxylation sites is 1. The molecule has 10 rings (SSSR count). The van der Waals surface area contributed by atoms with E-state index in [4.69, 9.17) is 5.73 Å². The van der Waals surface area contributed by atoms with Crippen molar-refractivity contribution in [3.8, 4) is 11.1 Å². The van der Waals surface area contributed by atoms with Crippen molar-refractivity contribution < 1.29 is 0 Å². The number of nitrogens with one attached hydrogen (secondary N) is 2. The Labute approximate surface area is 335 Å². The normalized spacial score (nSPS) is 19.5. The molecule has 3 heteroatoms. The average Bonchev–Trinajstić information content (AvgIpc) is 3.28. The Bertz CT molecular complexity index is 2880. The van der Waals surface area contributed by atoms with Crippen LogP contribution >= 0.6 is 0 Å². The Morgan fingerprint density at radius 1 is 0.649 bits per heavy atom. The number of benzene rings is 7. The summed E-state index contributed by atoms with van der Waals surface area (Å²) in [5, 5.41) is 18.1. The molecule has 0 amide bonds. The Hall–Kier alpha value is -6.26. The van der Waals surface area contributed by atoms with Crippen molar-refractivity contribution in [2.24, 2.45) is 23.5 Å². The molecule has 7 aromatic carbocycles. The van der Waals surface area contributed by atoms with Crippen molar-refractivity contribution in [2.45, 2.75) is 24.9 Å². The van der Waals surface area contributed by atoms with Gasteiger partial charge in [-0.1, -0.05) is 176 Å². The summed E-state index contributed by atoms with van der Waals surface area (Å²) in [7, 11) is 0. The molecule has 0 aliphatic heterocycles. The largest absolute Gasteiger partial charge is 0.355 e. The second-order valence-corrected chi connectivity index (χ2v) is 15.9. The molecule has 0 radical (unpaired) electrons. The third-order valence-corrected chi connectivity index (χ3v) is 12.4. The van der Waals surface area contributed by atoms with Gasteiger partial charge in [-0.2, -0.15) is 0 Å². The molecule has 3 aliphatic carbocycles. The van der Waals surface area contributed by atoms with E-state index in [0.29, 0.717) is 11.8 Å². The number of rotatable bonds is 10. The van der Waals surface area contributed by atoms with Gasteiger partial charge in [-0.3, -0.25) is 0 Å². The second-order valence-electron chi connectivity index (χ2n) is 15.9. The predicted molar refractivity (Wildman–Crippen MR) is 242 cm³/mol. The Morgan fingerprint density at radius 2 is 1.42 bits per heavy atom. The lowest BCUT2D eigenvalue weighted by molar-refractivity contribution is 0.377. The van der Waals surface area contributed by atoms with Crippen molar-refractivity contribution in [3.63, 3.8) is 0 Å². The summed E-state index contributed by atoms with van der Waals surface area (Å²) in [4.78, 5) is 0. The van der Waals surface area contributed by atoms with E-state index in [2.05, 4.69) is 205 Å². The average molecular weight is 738 g/mol. The van der Waals surface area contributed by atoms with Gasteiger partial charge in [0.2, 0.25) is 0 Å². The van der Waals surface area contributed by atoms with E-state index in [9.17, 15) is 0 Å². The van der Waals surface area contributed by atoms with Crippen LogP contribution in [0.2, 0.25) is 0 Å². The van der Waals surface area contributed by atoms with Crippen LogP contribution in [0.1, 0.15) is 24.4 Å². The first-order valence-electron chi connectivity index (χ1n) is 20.5. The van der Waals surface area contributed by atoms with E-state index in [1.807, 2.05) is 0 Å². The predicted octanol–water partition coefficient (Wildman–Crippen LogP) is 10.7. The van der Waals surface area contributed by atoms with Crippen LogP contribution in [0.25, 0.3) is 55.1 Å². The Morgan fingerprint density at radius 3 is 2.30 bits per heavy atom. The van der Waals surface area contributed by atoms with Crippen molar-refractivity contribution in [1.82, 2.24) is 5.32 Å². The standard InChI is InChI=1S/C54H47N3/c55-51(34-53(38-15-2-1-3-16-38)56-35-41-32-39-17-5-7-19-43(39)47-23-11-10-21-45(41)47)37-26-29-42(30-27-37)57-52-25-13-12-24-48(52)50-33-40-18-6-8-20-44(40)49-31-28-36-14-4-9-22-46(36)54(49)50/h1-26,28-33,37,41,45,51,53,56-57H,27,34-35,55H2. The van der Waals surface area contributed by atoms with Crippen molar-refractivity contribution >= 4 is 49.7 Å². The minimum absolute atomic E-state index is 0.00279. The molecule has 0 saturated carbocycles. The summed E-state index contributed by atoms with van der Waals surface area (Å²) in [6.07, 6.45) is 20.1. The lowest BCUT2D eigenvalue weighted by Gasteiger charge is -2.32. The van der Waals surface area contributed by atoms with Gasteiger partial charge in [0, 0.05) is 47.4 Å². The minimum atomic E-state index is -0.00279. The van der Waals surface area contributed by atoms with Gasteiger partial charge in [-0.15, -0.1) is 0 Å². The third-order valence-electron chi connectivity index (χ3n) is 12.4. The highest BCUT2D eigenvalue weighted by molar-refractivity contribution is 6.23. The molecule has 0 fully saturated rings. The lowest BCUT2D eigenvalue weighted by atomic mass is 9.78. The first-order valence-corrected chi connectivity index (χ1v) is 20.5. The van der Waals surface area contributed by atoms with Gasteiger partial charge in [-0.05, 0) is 96.4 Å². The number of fused-ring (bicyclic) bond motifs is 7. The Balaban J connectivity index is 0.882. The number of allylic oxidation sites excluding steroid dienone is 6. The monoisotopic (exact) mass is 737 g/mol. The van der Waals surface area contributed by atoms with Gasteiger partial charge in [0.1, 0.15) is 0 Å². The molecule has 7 aromatic rings. The summed E-state index contributed by atoms with van der Waals surface area (Å²) in [6.45, 7) is 0.878. The van der Waals surface area contributed by atoms with Crippen LogP contribution in [0.15, 0.2) is 194 Å². The maximum Gasteiger partial charge on any atom is 0.0464 e. The van der Waals surface area contributed by atoms with Crippen LogP contribution < -0.4 is 26.8 Å². The van der Waals surface area contributed by atoms with E-state index >= 15 is 0 Å². The van der Waals surface area contributed by atoms with E-state index in [0.717, 1.165) is 30.8 Å². The molecule has 4 N–H and O–H groups in total. The topological polar surface area (TPSA) is 50.1 Å². The van der Waals surface area contributed by atoms with Crippen LogP contribution in [0, 0.1) is 17.8 Å². The van der Waals surface area contributed by atoms with Crippen LogP contribution in [0.4, 0.5) is 5.69 Å². The highest BCUT2D eigenvalue weighted by atomic mass is 14.9. The summed E-state index contributed by atoms with van der Waals surface area (Å²) in [5.41, 5.74) is 14.5. The van der Waals surface area contributed by atoms with Crippen molar-refractivity contribution in [3.05, 3.63) is 210 Å². The van der Waals surface area contributed by atoms with Gasteiger partial charge >= 0.3 is 0 Å². The quantitative estimate of drug-likeness (QED) is 0.123. The zero-order chi connectivity index (χ0) is 38.1. The molecule has 0 bridgehead atoms. The van der Waals surface area contributed by atoms with Gasteiger partial charge < -0.3 is 16.4 Å². The molecule has 278 valence electrons. The highest BCUT2D eigenvalue weighted by Crippen LogP contribution is 2.42. The van der Waals surface area contributed by atoms with E-state index in [1.54, 1.807) is 0 Å². The first-order chi connectivity index (χ1) is 28.2.